The third kappa shape index (κ3) is 4.30. The first kappa shape index (κ1) is 18.4. The van der Waals surface area contributed by atoms with Crippen molar-refractivity contribution in [3.63, 3.8) is 0 Å². The van der Waals surface area contributed by atoms with Crippen LogP contribution in [-0.4, -0.2) is 40.5 Å². The van der Waals surface area contributed by atoms with Crippen LogP contribution in [0.3, 0.4) is 0 Å². The van der Waals surface area contributed by atoms with E-state index >= 15 is 0 Å². The van der Waals surface area contributed by atoms with Gasteiger partial charge in [-0.2, -0.15) is 0 Å². The molecule has 1 aromatic heterocycles. The lowest BCUT2D eigenvalue weighted by Gasteiger charge is -2.29. The maximum atomic E-state index is 12.7. The second kappa shape index (κ2) is 8.37. The zero-order valence-corrected chi connectivity index (χ0v) is 15.7. The topological polar surface area (TPSA) is 84.4 Å². The average Bonchev–Trinajstić information content (AvgIpc) is 3.13. The van der Waals surface area contributed by atoms with Gasteiger partial charge in [0.1, 0.15) is 6.10 Å². The predicted octanol–water partition coefficient (Wildman–Crippen LogP) is 2.34. The van der Waals surface area contributed by atoms with E-state index in [1.165, 1.54) is 0 Å². The number of nitrogens with one attached hydrogen (secondary N) is 1. The first-order valence-corrected chi connectivity index (χ1v) is 9.77. The lowest BCUT2D eigenvalue weighted by Crippen LogP contribution is -2.43. The molecule has 7 heteroatoms. The van der Waals surface area contributed by atoms with Gasteiger partial charge in [-0.1, -0.05) is 18.2 Å². The summed E-state index contributed by atoms with van der Waals surface area (Å²) in [6.07, 6.45) is 8.66. The van der Waals surface area contributed by atoms with E-state index in [4.69, 9.17) is 4.74 Å². The summed E-state index contributed by atoms with van der Waals surface area (Å²) in [5.41, 5.74) is 0.851. The molecule has 0 bridgehead atoms. The van der Waals surface area contributed by atoms with Gasteiger partial charge in [0.05, 0.1) is 12.1 Å². The van der Waals surface area contributed by atoms with E-state index in [-0.39, 0.29) is 36.3 Å². The molecule has 7 nitrogen and oxygen atoms in total. The molecule has 2 aromatic rings. The first-order valence-electron chi connectivity index (χ1n) is 9.77. The Labute approximate surface area is 164 Å². The molecular weight excluding hydrogens is 356 g/mol. The molecule has 1 unspecified atom stereocenters. The summed E-state index contributed by atoms with van der Waals surface area (Å²) in [6, 6.07) is 9.65. The van der Waals surface area contributed by atoms with E-state index in [2.05, 4.69) is 15.3 Å². The van der Waals surface area contributed by atoms with Crippen molar-refractivity contribution < 1.29 is 14.3 Å². The highest BCUT2D eigenvalue weighted by Gasteiger charge is 2.36. The van der Waals surface area contributed by atoms with Gasteiger partial charge in [0, 0.05) is 37.1 Å². The Bertz CT molecular complexity index is 807. The Morgan fingerprint density at radius 2 is 1.89 bits per heavy atom. The maximum Gasteiger partial charge on any atom is 0.232 e. The third-order valence-corrected chi connectivity index (χ3v) is 5.41. The molecule has 28 heavy (non-hydrogen) atoms. The van der Waals surface area contributed by atoms with E-state index in [0.29, 0.717) is 12.4 Å². The van der Waals surface area contributed by atoms with Crippen LogP contribution in [0, 0.1) is 5.92 Å². The second-order valence-electron chi connectivity index (χ2n) is 7.38. The van der Waals surface area contributed by atoms with Crippen molar-refractivity contribution in [2.75, 3.05) is 11.4 Å². The Morgan fingerprint density at radius 1 is 1.11 bits per heavy atom. The summed E-state index contributed by atoms with van der Waals surface area (Å²) in [7, 11) is 0. The van der Waals surface area contributed by atoms with Crippen molar-refractivity contribution in [3.8, 4) is 5.88 Å². The van der Waals surface area contributed by atoms with Gasteiger partial charge in [-0.05, 0) is 37.8 Å². The number of hydrogen-bond donors (Lipinski definition) is 1. The van der Waals surface area contributed by atoms with Gasteiger partial charge in [-0.25, -0.2) is 4.98 Å². The summed E-state index contributed by atoms with van der Waals surface area (Å²) in [5.74, 6) is 0.235. The fourth-order valence-corrected chi connectivity index (χ4v) is 3.90. The SMILES string of the molecule is O=C(NC1CCC(Oc2cnccn2)CC1)C1CC(=O)N(c2ccccc2)C1. The second-order valence-corrected chi connectivity index (χ2v) is 7.38. The highest BCUT2D eigenvalue weighted by molar-refractivity contribution is 6.00. The minimum Gasteiger partial charge on any atom is -0.473 e. The molecule has 1 atom stereocenters. The Kier molecular flexibility index (Phi) is 5.50. The monoisotopic (exact) mass is 380 g/mol. The largest absolute Gasteiger partial charge is 0.473 e. The van der Waals surface area contributed by atoms with Crippen molar-refractivity contribution in [1.29, 1.82) is 0 Å². The number of anilines is 1. The molecule has 0 spiro atoms. The van der Waals surface area contributed by atoms with Crippen molar-refractivity contribution in [1.82, 2.24) is 15.3 Å². The van der Waals surface area contributed by atoms with E-state index in [9.17, 15) is 9.59 Å². The van der Waals surface area contributed by atoms with Crippen LogP contribution in [0.5, 0.6) is 5.88 Å². The summed E-state index contributed by atoms with van der Waals surface area (Å²) in [4.78, 5) is 34.8. The predicted molar refractivity (Wildman–Crippen MR) is 104 cm³/mol. The lowest BCUT2D eigenvalue weighted by atomic mass is 9.92. The van der Waals surface area contributed by atoms with Crippen LogP contribution in [0.15, 0.2) is 48.9 Å². The first-order chi connectivity index (χ1) is 13.7. The molecule has 2 aliphatic rings. The third-order valence-electron chi connectivity index (χ3n) is 5.41. The van der Waals surface area contributed by atoms with E-state index in [1.807, 2.05) is 30.3 Å². The fourth-order valence-electron chi connectivity index (χ4n) is 3.90. The summed E-state index contributed by atoms with van der Waals surface area (Å²) >= 11 is 0. The number of carbonyl (C=O) groups excluding carboxylic acids is 2. The highest BCUT2D eigenvalue weighted by atomic mass is 16.5. The summed E-state index contributed by atoms with van der Waals surface area (Å²) < 4.78 is 5.85. The van der Waals surface area contributed by atoms with Crippen LogP contribution >= 0.6 is 0 Å². The minimum absolute atomic E-state index is 0.00688. The van der Waals surface area contributed by atoms with Gasteiger partial charge in [0.25, 0.3) is 0 Å². The van der Waals surface area contributed by atoms with Crippen molar-refractivity contribution in [3.05, 3.63) is 48.9 Å². The minimum atomic E-state index is -0.290. The molecule has 1 aliphatic carbocycles. The number of nitrogens with zero attached hydrogens (tertiary/aromatic N) is 3. The quantitative estimate of drug-likeness (QED) is 0.861. The normalized spacial score (nSPS) is 24.8. The van der Waals surface area contributed by atoms with Gasteiger partial charge in [0.15, 0.2) is 0 Å². The molecule has 2 amide bonds. The molecule has 1 aromatic carbocycles. The fraction of sp³-hybridized carbons (Fsp3) is 0.429. The van der Waals surface area contributed by atoms with Crippen LogP contribution in [0.4, 0.5) is 5.69 Å². The van der Waals surface area contributed by atoms with Gasteiger partial charge < -0.3 is 15.0 Å². The Morgan fingerprint density at radius 3 is 2.61 bits per heavy atom. The number of amides is 2. The van der Waals surface area contributed by atoms with E-state index in [1.54, 1.807) is 23.5 Å². The zero-order valence-electron chi connectivity index (χ0n) is 15.7. The molecule has 4 rings (SSSR count). The molecular formula is C21H24N4O3. The molecule has 146 valence electrons. The molecule has 2 fully saturated rings. The van der Waals surface area contributed by atoms with E-state index < -0.39 is 0 Å². The van der Waals surface area contributed by atoms with Gasteiger partial charge in [-0.3, -0.25) is 14.6 Å². The number of ether oxygens (including phenoxy) is 1. The Hall–Kier alpha value is -2.96. The van der Waals surface area contributed by atoms with Gasteiger partial charge in [0.2, 0.25) is 17.7 Å². The number of benzene rings is 1. The van der Waals surface area contributed by atoms with Crippen molar-refractivity contribution in [2.24, 2.45) is 5.92 Å². The van der Waals surface area contributed by atoms with Gasteiger partial charge >= 0.3 is 0 Å². The lowest BCUT2D eigenvalue weighted by molar-refractivity contribution is -0.127. The summed E-state index contributed by atoms with van der Waals surface area (Å²) in [5, 5.41) is 3.14. The van der Waals surface area contributed by atoms with Crippen LogP contribution in [0.1, 0.15) is 32.1 Å². The summed E-state index contributed by atoms with van der Waals surface area (Å²) in [6.45, 7) is 0.444. The van der Waals surface area contributed by atoms with Crippen LogP contribution in [0.25, 0.3) is 0 Å². The maximum absolute atomic E-state index is 12.7. The molecule has 0 radical (unpaired) electrons. The number of rotatable bonds is 5. The average molecular weight is 380 g/mol. The molecule has 1 aliphatic heterocycles. The highest BCUT2D eigenvalue weighted by Crippen LogP contribution is 2.26. The molecule has 2 heterocycles. The molecule has 1 N–H and O–H groups in total. The molecule has 1 saturated carbocycles. The van der Waals surface area contributed by atoms with E-state index in [0.717, 1.165) is 31.4 Å². The number of carbonyl (C=O) groups is 2. The van der Waals surface area contributed by atoms with Crippen LogP contribution in [0.2, 0.25) is 0 Å². The Balaban J connectivity index is 1.25. The van der Waals surface area contributed by atoms with Crippen molar-refractivity contribution >= 4 is 17.5 Å². The number of aromatic nitrogens is 2. The standard InChI is InChI=1S/C21H24N4O3/c26-20-12-15(14-25(20)17-4-2-1-3-5-17)21(27)24-16-6-8-18(9-7-16)28-19-13-22-10-11-23-19/h1-5,10-11,13,15-16,18H,6-9,12,14H2,(H,24,27). The number of para-hydroxylation sites is 1. The van der Waals surface area contributed by atoms with Gasteiger partial charge in [-0.15, -0.1) is 0 Å². The number of hydrogen-bond acceptors (Lipinski definition) is 5. The van der Waals surface area contributed by atoms with Crippen molar-refractivity contribution in [2.45, 2.75) is 44.2 Å². The van der Waals surface area contributed by atoms with Crippen LogP contribution < -0.4 is 15.0 Å². The van der Waals surface area contributed by atoms with Crippen LogP contribution in [-0.2, 0) is 9.59 Å². The molecule has 1 saturated heterocycles. The smallest absolute Gasteiger partial charge is 0.232 e. The zero-order chi connectivity index (χ0) is 19.3.